The highest BCUT2D eigenvalue weighted by atomic mass is 32.2. The standard InChI is InChI=1S/C27H39NO4S/c1-17(2)22-15-23(18(3)4)27(24(16-22)19(5)6)33(30,31)32-28-25(13-20(7)14-26(28)29)21-11-9-8-10-12-21/h13-19,21H,8-12H2,1-7H3. The van der Waals surface area contributed by atoms with Crippen LogP contribution >= 0.6 is 0 Å². The monoisotopic (exact) mass is 473 g/mol. The first-order valence-corrected chi connectivity index (χ1v) is 13.7. The van der Waals surface area contributed by atoms with Crippen molar-refractivity contribution in [1.29, 1.82) is 0 Å². The Hall–Kier alpha value is -2.08. The van der Waals surface area contributed by atoms with Crippen LogP contribution < -0.4 is 9.84 Å². The molecule has 1 heterocycles. The van der Waals surface area contributed by atoms with Gasteiger partial charge in [-0.15, -0.1) is 4.73 Å². The molecule has 0 bridgehead atoms. The van der Waals surface area contributed by atoms with Crippen molar-refractivity contribution in [3.8, 4) is 0 Å². The lowest BCUT2D eigenvalue weighted by Gasteiger charge is -2.26. The fourth-order valence-corrected chi connectivity index (χ4v) is 6.39. The van der Waals surface area contributed by atoms with Gasteiger partial charge in [-0.2, -0.15) is 8.42 Å². The maximum atomic E-state index is 13.8. The van der Waals surface area contributed by atoms with Crippen molar-refractivity contribution in [3.63, 3.8) is 0 Å². The SMILES string of the molecule is Cc1cc(C2CCCCC2)n(OS(=O)(=O)c2c(C(C)C)cc(C(C)C)cc2C(C)C)c(=O)c1. The molecule has 0 radical (unpaired) electrons. The largest absolute Gasteiger partial charge is 0.357 e. The van der Waals surface area contributed by atoms with Crippen molar-refractivity contribution in [2.24, 2.45) is 0 Å². The van der Waals surface area contributed by atoms with Crippen LogP contribution in [0.25, 0.3) is 0 Å². The summed E-state index contributed by atoms with van der Waals surface area (Å²) in [4.78, 5) is 13.2. The Morgan fingerprint density at radius 2 is 1.39 bits per heavy atom. The highest BCUT2D eigenvalue weighted by molar-refractivity contribution is 7.87. The third kappa shape index (κ3) is 5.53. The van der Waals surface area contributed by atoms with E-state index < -0.39 is 15.7 Å². The van der Waals surface area contributed by atoms with Gasteiger partial charge in [0.25, 0.3) is 5.56 Å². The molecule has 5 nitrogen and oxygen atoms in total. The van der Waals surface area contributed by atoms with Gasteiger partial charge >= 0.3 is 10.1 Å². The number of hydrogen-bond donors (Lipinski definition) is 0. The maximum Gasteiger partial charge on any atom is 0.357 e. The molecule has 0 N–H and O–H groups in total. The topological polar surface area (TPSA) is 65.4 Å². The zero-order valence-electron chi connectivity index (χ0n) is 21.1. The van der Waals surface area contributed by atoms with Crippen molar-refractivity contribution in [2.75, 3.05) is 0 Å². The van der Waals surface area contributed by atoms with E-state index in [1.165, 1.54) is 12.5 Å². The second-order valence-electron chi connectivity index (χ2n) is 10.4. The Balaban J connectivity index is 2.20. The van der Waals surface area contributed by atoms with Crippen LogP contribution in [0.4, 0.5) is 0 Å². The summed E-state index contributed by atoms with van der Waals surface area (Å²) in [7, 11) is -4.24. The van der Waals surface area contributed by atoms with Crippen LogP contribution in [0.5, 0.6) is 0 Å². The minimum Gasteiger partial charge on any atom is -0.280 e. The molecule has 33 heavy (non-hydrogen) atoms. The third-order valence-corrected chi connectivity index (χ3v) is 8.00. The van der Waals surface area contributed by atoms with E-state index in [-0.39, 0.29) is 28.6 Å². The predicted octanol–water partition coefficient (Wildman–Crippen LogP) is 6.39. The van der Waals surface area contributed by atoms with Crippen LogP contribution in [-0.2, 0) is 10.1 Å². The van der Waals surface area contributed by atoms with Gasteiger partial charge in [-0.1, -0.05) is 72.9 Å². The Morgan fingerprint density at radius 1 is 0.848 bits per heavy atom. The number of hydrogen-bond acceptors (Lipinski definition) is 4. The fraction of sp³-hybridized carbons (Fsp3) is 0.593. The lowest BCUT2D eigenvalue weighted by atomic mass is 9.86. The van der Waals surface area contributed by atoms with Gasteiger partial charge in [-0.3, -0.25) is 9.08 Å². The van der Waals surface area contributed by atoms with E-state index in [2.05, 4.69) is 13.8 Å². The number of rotatable bonds is 7. The van der Waals surface area contributed by atoms with Crippen LogP contribution in [0.2, 0.25) is 0 Å². The normalized spacial score (nSPS) is 15.6. The summed E-state index contributed by atoms with van der Waals surface area (Å²) in [5.41, 5.74) is 3.64. The molecule has 1 aliphatic carbocycles. The summed E-state index contributed by atoms with van der Waals surface area (Å²) in [5, 5.41) is 0. The molecule has 1 aromatic heterocycles. The average molecular weight is 474 g/mol. The smallest absolute Gasteiger partial charge is 0.280 e. The molecule has 0 unspecified atom stereocenters. The molecular weight excluding hydrogens is 434 g/mol. The highest BCUT2D eigenvalue weighted by Crippen LogP contribution is 2.36. The Bertz CT molecular complexity index is 1120. The molecule has 0 spiro atoms. The third-order valence-electron chi connectivity index (χ3n) is 6.69. The molecule has 0 aliphatic heterocycles. The van der Waals surface area contributed by atoms with Crippen LogP contribution in [0.15, 0.2) is 34.0 Å². The zero-order chi connectivity index (χ0) is 24.5. The average Bonchev–Trinajstić information content (AvgIpc) is 2.74. The molecule has 182 valence electrons. The van der Waals surface area contributed by atoms with Gasteiger partial charge in [0.15, 0.2) is 0 Å². The van der Waals surface area contributed by atoms with Gasteiger partial charge in [-0.25, -0.2) is 0 Å². The number of aryl methyl sites for hydroxylation is 1. The Labute approximate surface area is 199 Å². The second-order valence-corrected chi connectivity index (χ2v) is 11.9. The van der Waals surface area contributed by atoms with E-state index in [9.17, 15) is 13.2 Å². The van der Waals surface area contributed by atoms with E-state index >= 15 is 0 Å². The first-order chi connectivity index (χ1) is 15.4. The van der Waals surface area contributed by atoms with E-state index in [1.54, 1.807) is 0 Å². The predicted molar refractivity (Wildman–Crippen MR) is 134 cm³/mol. The van der Waals surface area contributed by atoms with Gasteiger partial charge in [0, 0.05) is 12.0 Å². The van der Waals surface area contributed by atoms with Gasteiger partial charge in [0.05, 0.1) is 5.69 Å². The van der Waals surface area contributed by atoms with Crippen LogP contribution in [0.1, 0.15) is 125 Å². The molecule has 1 fully saturated rings. The minimum atomic E-state index is -4.24. The lowest BCUT2D eigenvalue weighted by Crippen LogP contribution is -2.35. The first kappa shape index (κ1) is 25.5. The summed E-state index contributed by atoms with van der Waals surface area (Å²) in [6.45, 7) is 14.1. The Morgan fingerprint density at radius 3 is 1.88 bits per heavy atom. The summed E-state index contributed by atoms with van der Waals surface area (Å²) in [6.07, 6.45) is 5.19. The Kier molecular flexibility index (Phi) is 7.77. The van der Waals surface area contributed by atoms with E-state index in [0.29, 0.717) is 5.69 Å². The second kappa shape index (κ2) is 10.0. The van der Waals surface area contributed by atoms with Crippen molar-refractivity contribution < 1.29 is 12.7 Å². The van der Waals surface area contributed by atoms with Crippen molar-refractivity contribution in [2.45, 2.75) is 109 Å². The summed E-state index contributed by atoms with van der Waals surface area (Å²) in [5.74, 6) is 0.374. The zero-order valence-corrected chi connectivity index (χ0v) is 22.0. The maximum absolute atomic E-state index is 13.8. The van der Waals surface area contributed by atoms with Crippen LogP contribution in [0.3, 0.4) is 0 Å². The quantitative estimate of drug-likeness (QED) is 0.467. The summed E-state index contributed by atoms with van der Waals surface area (Å²) in [6, 6.07) is 7.31. The number of aromatic nitrogens is 1. The van der Waals surface area contributed by atoms with Crippen molar-refractivity contribution in [3.05, 3.63) is 62.6 Å². The number of benzene rings is 1. The molecule has 6 heteroatoms. The summed E-state index contributed by atoms with van der Waals surface area (Å²) >= 11 is 0. The molecule has 1 aromatic carbocycles. The van der Waals surface area contributed by atoms with E-state index in [1.807, 2.05) is 52.8 Å². The lowest BCUT2D eigenvalue weighted by molar-refractivity contribution is 0.241. The molecule has 0 atom stereocenters. The minimum absolute atomic E-state index is 0.0119. The fourth-order valence-electron chi connectivity index (χ4n) is 4.79. The molecule has 0 amide bonds. The molecule has 2 aromatic rings. The van der Waals surface area contributed by atoms with Crippen LogP contribution in [-0.4, -0.2) is 13.1 Å². The first-order valence-electron chi connectivity index (χ1n) is 12.3. The molecule has 1 aliphatic rings. The van der Waals surface area contributed by atoms with Crippen molar-refractivity contribution >= 4 is 10.1 Å². The van der Waals surface area contributed by atoms with Gasteiger partial charge < -0.3 is 0 Å². The highest BCUT2D eigenvalue weighted by Gasteiger charge is 2.31. The van der Waals surface area contributed by atoms with Crippen molar-refractivity contribution in [1.82, 2.24) is 4.73 Å². The van der Waals surface area contributed by atoms with Gasteiger partial charge in [0.1, 0.15) is 4.90 Å². The number of nitrogens with zero attached hydrogens (tertiary/aromatic N) is 1. The molecule has 3 rings (SSSR count). The number of pyridine rings is 1. The van der Waals surface area contributed by atoms with E-state index in [4.69, 9.17) is 4.28 Å². The van der Waals surface area contributed by atoms with Crippen LogP contribution in [0, 0.1) is 6.92 Å². The van der Waals surface area contributed by atoms with E-state index in [0.717, 1.165) is 52.7 Å². The molecular formula is C27H39NO4S. The molecule has 1 saturated carbocycles. The molecule has 0 saturated heterocycles. The summed E-state index contributed by atoms with van der Waals surface area (Å²) < 4.78 is 34.4. The van der Waals surface area contributed by atoms with Gasteiger partial charge in [-0.05, 0) is 65.8 Å². The van der Waals surface area contributed by atoms with Gasteiger partial charge in [0.2, 0.25) is 0 Å².